The molecule has 19 heavy (non-hydrogen) atoms. The average molecular weight is 297 g/mol. The molecule has 7 heteroatoms. The molecular formula is C12H15N3O2S2. The van der Waals surface area contributed by atoms with Crippen LogP contribution < -0.4 is 0 Å². The molecule has 0 aliphatic carbocycles. The van der Waals surface area contributed by atoms with Gasteiger partial charge in [-0.3, -0.25) is 0 Å². The number of thiophene rings is 1. The van der Waals surface area contributed by atoms with Crippen molar-refractivity contribution in [3.8, 4) is 0 Å². The molecule has 2 aromatic heterocycles. The number of aryl methyl sites for hydroxylation is 1. The summed E-state index contributed by atoms with van der Waals surface area (Å²) < 4.78 is 26.7. The van der Waals surface area contributed by atoms with Crippen LogP contribution in [-0.2, 0) is 10.0 Å². The number of nitrogens with zero attached hydrogens (tertiary/aromatic N) is 2. The highest BCUT2D eigenvalue weighted by Gasteiger charge is 2.34. The summed E-state index contributed by atoms with van der Waals surface area (Å²) in [5, 5.41) is 1.79. The van der Waals surface area contributed by atoms with Gasteiger partial charge in [0.05, 0.1) is 0 Å². The van der Waals surface area contributed by atoms with Crippen molar-refractivity contribution in [2.45, 2.75) is 23.5 Å². The number of hydrogen-bond acceptors (Lipinski definition) is 4. The van der Waals surface area contributed by atoms with Crippen molar-refractivity contribution in [2.24, 2.45) is 0 Å². The maximum absolute atomic E-state index is 12.4. The Morgan fingerprint density at radius 2 is 2.37 bits per heavy atom. The van der Waals surface area contributed by atoms with Gasteiger partial charge >= 0.3 is 0 Å². The lowest BCUT2D eigenvalue weighted by molar-refractivity contribution is 0.473. The van der Waals surface area contributed by atoms with Crippen molar-refractivity contribution >= 4 is 21.4 Å². The summed E-state index contributed by atoms with van der Waals surface area (Å²) in [6.07, 6.45) is 2.60. The van der Waals surface area contributed by atoms with E-state index in [2.05, 4.69) is 9.97 Å². The molecule has 0 aromatic carbocycles. The number of aromatic amines is 1. The number of sulfonamides is 1. The molecule has 1 N–H and O–H groups in total. The van der Waals surface area contributed by atoms with E-state index in [1.165, 1.54) is 11.3 Å². The maximum atomic E-state index is 12.4. The molecule has 0 saturated carbocycles. The Hall–Kier alpha value is -1.18. The van der Waals surface area contributed by atoms with Gasteiger partial charge in [0, 0.05) is 30.9 Å². The third-order valence-corrected chi connectivity index (χ3v) is 6.59. The molecule has 3 rings (SSSR count). The summed E-state index contributed by atoms with van der Waals surface area (Å²) >= 11 is 1.26. The van der Waals surface area contributed by atoms with Gasteiger partial charge < -0.3 is 4.98 Å². The first-order chi connectivity index (χ1) is 9.07. The Kier molecular flexibility index (Phi) is 3.20. The van der Waals surface area contributed by atoms with Crippen LogP contribution in [0.2, 0.25) is 0 Å². The Morgan fingerprint density at radius 1 is 1.53 bits per heavy atom. The first kappa shape index (κ1) is 12.8. The molecule has 5 nitrogen and oxygen atoms in total. The number of rotatable bonds is 3. The largest absolute Gasteiger partial charge is 0.346 e. The number of hydrogen-bond donors (Lipinski definition) is 1. The smallest absolute Gasteiger partial charge is 0.252 e. The minimum atomic E-state index is -3.32. The fourth-order valence-electron chi connectivity index (χ4n) is 2.35. The quantitative estimate of drug-likeness (QED) is 0.941. The van der Waals surface area contributed by atoms with Gasteiger partial charge in [0.25, 0.3) is 10.0 Å². The van der Waals surface area contributed by atoms with E-state index in [1.54, 1.807) is 28.0 Å². The van der Waals surface area contributed by atoms with Crippen molar-refractivity contribution in [1.29, 1.82) is 0 Å². The van der Waals surface area contributed by atoms with Gasteiger partial charge in [-0.15, -0.1) is 11.3 Å². The topological polar surface area (TPSA) is 66.1 Å². The lowest BCUT2D eigenvalue weighted by atomic mass is 10.1. The van der Waals surface area contributed by atoms with Crippen LogP contribution in [0.3, 0.4) is 0 Å². The van der Waals surface area contributed by atoms with Crippen LogP contribution in [0.15, 0.2) is 27.9 Å². The Bertz CT molecular complexity index is 661. The predicted molar refractivity (Wildman–Crippen MR) is 73.8 cm³/mol. The van der Waals surface area contributed by atoms with E-state index in [1.807, 2.05) is 6.92 Å². The van der Waals surface area contributed by atoms with Crippen LogP contribution in [0.5, 0.6) is 0 Å². The summed E-state index contributed by atoms with van der Waals surface area (Å²) in [5.74, 6) is 1.06. The van der Waals surface area contributed by atoms with E-state index in [4.69, 9.17) is 0 Å². The highest BCUT2D eigenvalue weighted by Crippen LogP contribution is 2.30. The molecular weight excluding hydrogens is 282 g/mol. The van der Waals surface area contributed by atoms with Crippen LogP contribution in [0.1, 0.15) is 23.9 Å². The number of nitrogens with one attached hydrogen (secondary N) is 1. The zero-order valence-corrected chi connectivity index (χ0v) is 12.2. The van der Waals surface area contributed by atoms with Crippen molar-refractivity contribution in [1.82, 2.24) is 14.3 Å². The molecule has 0 radical (unpaired) electrons. The van der Waals surface area contributed by atoms with Crippen molar-refractivity contribution in [3.05, 3.63) is 35.2 Å². The van der Waals surface area contributed by atoms with Crippen LogP contribution in [0, 0.1) is 6.92 Å². The van der Waals surface area contributed by atoms with Gasteiger partial charge in [0.15, 0.2) is 0 Å². The van der Waals surface area contributed by atoms with E-state index in [-0.39, 0.29) is 5.92 Å². The lowest BCUT2D eigenvalue weighted by Gasteiger charge is -2.14. The fraction of sp³-hybridized carbons (Fsp3) is 0.417. The summed E-state index contributed by atoms with van der Waals surface area (Å²) in [6.45, 7) is 3.02. The fourth-order valence-corrected chi connectivity index (χ4v) is 4.99. The lowest BCUT2D eigenvalue weighted by Crippen LogP contribution is -2.28. The molecule has 1 aliphatic rings. The second-order valence-electron chi connectivity index (χ2n) is 4.73. The summed E-state index contributed by atoms with van der Waals surface area (Å²) in [4.78, 5) is 7.50. The molecule has 0 unspecified atom stereocenters. The van der Waals surface area contributed by atoms with Crippen LogP contribution in [-0.4, -0.2) is 35.8 Å². The second kappa shape index (κ2) is 4.73. The zero-order valence-electron chi connectivity index (χ0n) is 10.5. The molecule has 0 spiro atoms. The zero-order chi connectivity index (χ0) is 13.5. The Morgan fingerprint density at radius 3 is 3.00 bits per heavy atom. The summed E-state index contributed by atoms with van der Waals surface area (Å²) in [5.41, 5.74) is 1.01. The third kappa shape index (κ3) is 2.33. The SMILES string of the molecule is Cc1cnc([C@@H]2CCN(S(=O)(=O)c3cccs3)C2)[nH]1. The molecule has 1 fully saturated rings. The molecule has 3 heterocycles. The maximum Gasteiger partial charge on any atom is 0.252 e. The monoisotopic (exact) mass is 297 g/mol. The Labute approximate surface area is 116 Å². The highest BCUT2D eigenvalue weighted by molar-refractivity contribution is 7.91. The molecule has 0 amide bonds. The van der Waals surface area contributed by atoms with Gasteiger partial charge in [0.2, 0.25) is 0 Å². The van der Waals surface area contributed by atoms with Crippen LogP contribution in [0.25, 0.3) is 0 Å². The standard InChI is InChI=1S/C12H15N3O2S2/c1-9-7-13-12(14-9)10-4-5-15(8-10)19(16,17)11-3-2-6-18-11/h2-3,6-7,10H,4-5,8H2,1H3,(H,13,14)/t10-/m1/s1. The number of imidazole rings is 1. The first-order valence-electron chi connectivity index (χ1n) is 6.12. The van der Waals surface area contributed by atoms with Crippen LogP contribution >= 0.6 is 11.3 Å². The number of aromatic nitrogens is 2. The van der Waals surface area contributed by atoms with Gasteiger partial charge in [-0.1, -0.05) is 6.07 Å². The highest BCUT2D eigenvalue weighted by atomic mass is 32.2. The molecule has 0 bridgehead atoms. The number of H-pyrrole nitrogens is 1. The van der Waals surface area contributed by atoms with E-state index in [0.717, 1.165) is 17.9 Å². The molecule has 1 atom stereocenters. The minimum Gasteiger partial charge on any atom is -0.346 e. The van der Waals surface area contributed by atoms with Gasteiger partial charge in [-0.2, -0.15) is 4.31 Å². The Balaban J connectivity index is 1.79. The van der Waals surface area contributed by atoms with E-state index in [9.17, 15) is 8.42 Å². The normalized spacial score (nSPS) is 21.0. The molecule has 102 valence electrons. The molecule has 1 aliphatic heterocycles. The molecule has 1 saturated heterocycles. The first-order valence-corrected chi connectivity index (χ1v) is 8.44. The second-order valence-corrected chi connectivity index (χ2v) is 7.84. The average Bonchev–Trinajstić information content (AvgIpc) is 3.10. The minimum absolute atomic E-state index is 0.170. The van der Waals surface area contributed by atoms with E-state index < -0.39 is 10.0 Å². The van der Waals surface area contributed by atoms with E-state index >= 15 is 0 Å². The van der Waals surface area contributed by atoms with Gasteiger partial charge in [-0.25, -0.2) is 13.4 Å². The van der Waals surface area contributed by atoms with Crippen molar-refractivity contribution in [2.75, 3.05) is 13.1 Å². The third-order valence-electron chi connectivity index (χ3n) is 3.35. The van der Waals surface area contributed by atoms with Crippen molar-refractivity contribution in [3.63, 3.8) is 0 Å². The molecule has 2 aromatic rings. The summed E-state index contributed by atoms with van der Waals surface area (Å²) in [7, 11) is -3.32. The van der Waals surface area contributed by atoms with Gasteiger partial charge in [0.1, 0.15) is 10.0 Å². The van der Waals surface area contributed by atoms with E-state index in [0.29, 0.717) is 17.3 Å². The van der Waals surface area contributed by atoms with Crippen molar-refractivity contribution < 1.29 is 8.42 Å². The summed E-state index contributed by atoms with van der Waals surface area (Å²) in [6, 6.07) is 3.42. The van der Waals surface area contributed by atoms with Crippen LogP contribution in [0.4, 0.5) is 0 Å². The predicted octanol–water partition coefficient (Wildman–Crippen LogP) is 1.96. The van der Waals surface area contributed by atoms with Gasteiger partial charge in [-0.05, 0) is 24.8 Å².